The molecule has 0 unspecified atom stereocenters. The van der Waals surface area contributed by atoms with Crippen LogP contribution in [0.2, 0.25) is 0 Å². The first-order valence-corrected chi connectivity index (χ1v) is 9.98. The number of nitrogens with two attached hydrogens (primary N) is 1. The van der Waals surface area contributed by atoms with Gasteiger partial charge in [0.25, 0.3) is 0 Å². The number of anilines is 2. The van der Waals surface area contributed by atoms with Gasteiger partial charge in [0.2, 0.25) is 0 Å². The number of thiazole rings is 1. The molecule has 1 saturated heterocycles. The molecule has 2 heterocycles. The van der Waals surface area contributed by atoms with Crippen LogP contribution in [0.15, 0.2) is 60.0 Å². The summed E-state index contributed by atoms with van der Waals surface area (Å²) in [6.07, 6.45) is 1.09. The van der Waals surface area contributed by atoms with Crippen molar-refractivity contribution in [2.24, 2.45) is 0 Å². The Balaban J connectivity index is 1.27. The molecule has 4 nitrogen and oxygen atoms in total. The van der Waals surface area contributed by atoms with Crippen LogP contribution in [0.1, 0.15) is 5.56 Å². The van der Waals surface area contributed by atoms with E-state index in [1.54, 1.807) is 0 Å². The van der Waals surface area contributed by atoms with Gasteiger partial charge in [0.15, 0.2) is 5.13 Å². The Hall–Kier alpha value is -2.37. The summed E-state index contributed by atoms with van der Waals surface area (Å²) in [5.74, 6) is 0. The maximum Gasteiger partial charge on any atom is 0.180 e. The normalized spacial score (nSPS) is 15.3. The van der Waals surface area contributed by atoms with Crippen molar-refractivity contribution in [3.63, 3.8) is 0 Å². The Bertz CT molecular complexity index is 821. The van der Waals surface area contributed by atoms with Gasteiger partial charge in [-0.15, -0.1) is 11.3 Å². The van der Waals surface area contributed by atoms with E-state index in [2.05, 4.69) is 69.4 Å². The molecule has 26 heavy (non-hydrogen) atoms. The molecule has 1 aromatic heterocycles. The topological polar surface area (TPSA) is 45.4 Å². The van der Waals surface area contributed by atoms with Gasteiger partial charge < -0.3 is 10.6 Å². The molecule has 0 atom stereocenters. The summed E-state index contributed by atoms with van der Waals surface area (Å²) in [5.41, 5.74) is 10.5. The van der Waals surface area contributed by atoms with Gasteiger partial charge in [-0.25, -0.2) is 4.98 Å². The Morgan fingerprint density at radius 2 is 1.65 bits per heavy atom. The minimum Gasteiger partial charge on any atom is -0.375 e. The van der Waals surface area contributed by atoms with Crippen LogP contribution in [-0.2, 0) is 6.42 Å². The fourth-order valence-electron chi connectivity index (χ4n) is 3.42. The summed E-state index contributed by atoms with van der Waals surface area (Å²) in [5, 5.41) is 2.63. The van der Waals surface area contributed by atoms with Gasteiger partial charge >= 0.3 is 0 Å². The lowest BCUT2D eigenvalue weighted by molar-refractivity contribution is 0.261. The predicted molar refractivity (Wildman–Crippen MR) is 111 cm³/mol. The number of nitrogen functional groups attached to an aromatic ring is 1. The summed E-state index contributed by atoms with van der Waals surface area (Å²) in [6, 6.07) is 19.4. The molecule has 1 aliphatic rings. The van der Waals surface area contributed by atoms with Crippen molar-refractivity contribution in [3.05, 3.63) is 65.5 Å². The second kappa shape index (κ2) is 7.89. The highest BCUT2D eigenvalue weighted by atomic mass is 32.1. The van der Waals surface area contributed by atoms with Crippen LogP contribution in [0.4, 0.5) is 10.8 Å². The number of aromatic nitrogens is 1. The number of piperazine rings is 1. The van der Waals surface area contributed by atoms with E-state index < -0.39 is 0 Å². The van der Waals surface area contributed by atoms with Gasteiger partial charge in [0.05, 0.1) is 5.69 Å². The monoisotopic (exact) mass is 364 g/mol. The Morgan fingerprint density at radius 1 is 0.923 bits per heavy atom. The van der Waals surface area contributed by atoms with E-state index in [1.165, 1.54) is 22.6 Å². The van der Waals surface area contributed by atoms with Crippen LogP contribution < -0.4 is 10.6 Å². The van der Waals surface area contributed by atoms with Gasteiger partial charge in [0.1, 0.15) is 0 Å². The summed E-state index contributed by atoms with van der Waals surface area (Å²) >= 11 is 1.49. The first kappa shape index (κ1) is 17.1. The van der Waals surface area contributed by atoms with Gasteiger partial charge in [-0.3, -0.25) is 4.90 Å². The van der Waals surface area contributed by atoms with Gasteiger partial charge in [0, 0.05) is 49.4 Å². The molecule has 2 aromatic carbocycles. The Kier molecular flexibility index (Phi) is 5.18. The molecule has 0 bridgehead atoms. The molecule has 0 radical (unpaired) electrons. The summed E-state index contributed by atoms with van der Waals surface area (Å²) in [6.45, 7) is 5.59. The number of hydrogen-bond acceptors (Lipinski definition) is 5. The van der Waals surface area contributed by atoms with Crippen LogP contribution in [-0.4, -0.2) is 42.6 Å². The van der Waals surface area contributed by atoms with E-state index in [-0.39, 0.29) is 0 Å². The van der Waals surface area contributed by atoms with Gasteiger partial charge in [-0.2, -0.15) is 0 Å². The van der Waals surface area contributed by atoms with Crippen molar-refractivity contribution in [1.82, 2.24) is 9.88 Å². The number of benzene rings is 2. The second-order valence-electron chi connectivity index (χ2n) is 6.68. The third kappa shape index (κ3) is 4.06. The van der Waals surface area contributed by atoms with E-state index in [9.17, 15) is 0 Å². The third-order valence-electron chi connectivity index (χ3n) is 4.98. The average molecular weight is 365 g/mol. The quantitative estimate of drug-likeness (QED) is 0.749. The van der Waals surface area contributed by atoms with Crippen LogP contribution in [0, 0.1) is 0 Å². The predicted octanol–water partition coefficient (Wildman–Crippen LogP) is 3.76. The van der Waals surface area contributed by atoms with Crippen LogP contribution >= 0.6 is 11.3 Å². The van der Waals surface area contributed by atoms with Crippen molar-refractivity contribution < 1.29 is 0 Å². The smallest absolute Gasteiger partial charge is 0.180 e. The standard InChI is InChI=1S/C21H24N4S/c22-21-23-20(16-26-21)18-8-6-17(7-9-18)10-11-24-12-14-25(15-13-24)19-4-2-1-3-5-19/h1-9,16H,10-15H2,(H2,22,23). The van der Waals surface area contributed by atoms with E-state index in [1.807, 2.05) is 5.38 Å². The van der Waals surface area contributed by atoms with Crippen molar-refractivity contribution in [2.45, 2.75) is 6.42 Å². The summed E-state index contributed by atoms with van der Waals surface area (Å²) < 4.78 is 0. The molecule has 134 valence electrons. The van der Waals surface area contributed by atoms with E-state index in [0.29, 0.717) is 5.13 Å². The molecule has 3 aromatic rings. The highest BCUT2D eigenvalue weighted by Gasteiger charge is 2.16. The van der Waals surface area contributed by atoms with Gasteiger partial charge in [-0.05, 0) is 24.1 Å². The lowest BCUT2D eigenvalue weighted by Gasteiger charge is -2.36. The van der Waals surface area contributed by atoms with E-state index in [0.717, 1.165) is 50.4 Å². The molecular formula is C21H24N4S. The van der Waals surface area contributed by atoms with Crippen molar-refractivity contribution in [2.75, 3.05) is 43.4 Å². The fraction of sp³-hybridized carbons (Fsp3) is 0.286. The first-order valence-electron chi connectivity index (χ1n) is 9.10. The lowest BCUT2D eigenvalue weighted by atomic mass is 10.1. The molecule has 0 saturated carbocycles. The van der Waals surface area contributed by atoms with Crippen molar-refractivity contribution in [3.8, 4) is 11.3 Å². The first-order chi connectivity index (χ1) is 12.8. The second-order valence-corrected chi connectivity index (χ2v) is 7.57. The van der Waals surface area contributed by atoms with Crippen molar-refractivity contribution >= 4 is 22.2 Å². The highest BCUT2D eigenvalue weighted by Crippen LogP contribution is 2.23. The maximum absolute atomic E-state index is 5.72. The highest BCUT2D eigenvalue weighted by molar-refractivity contribution is 7.13. The Morgan fingerprint density at radius 3 is 2.31 bits per heavy atom. The average Bonchev–Trinajstić information content (AvgIpc) is 3.14. The molecule has 0 aliphatic carbocycles. The lowest BCUT2D eigenvalue weighted by Crippen LogP contribution is -2.46. The molecule has 5 heteroatoms. The third-order valence-corrected chi connectivity index (χ3v) is 5.66. The molecule has 1 aliphatic heterocycles. The number of nitrogens with zero attached hydrogens (tertiary/aromatic N) is 3. The zero-order valence-corrected chi connectivity index (χ0v) is 15.7. The van der Waals surface area contributed by atoms with E-state index in [4.69, 9.17) is 5.73 Å². The van der Waals surface area contributed by atoms with Crippen LogP contribution in [0.5, 0.6) is 0 Å². The van der Waals surface area contributed by atoms with Crippen LogP contribution in [0.3, 0.4) is 0 Å². The van der Waals surface area contributed by atoms with Crippen molar-refractivity contribution in [1.29, 1.82) is 0 Å². The minimum absolute atomic E-state index is 0.624. The summed E-state index contributed by atoms with van der Waals surface area (Å²) in [4.78, 5) is 9.39. The van der Waals surface area contributed by atoms with E-state index >= 15 is 0 Å². The number of hydrogen-bond donors (Lipinski definition) is 1. The maximum atomic E-state index is 5.72. The number of para-hydroxylation sites is 1. The molecule has 4 rings (SSSR count). The Labute approximate surface area is 158 Å². The fourth-order valence-corrected chi connectivity index (χ4v) is 3.99. The molecular weight excluding hydrogens is 340 g/mol. The summed E-state index contributed by atoms with van der Waals surface area (Å²) in [7, 11) is 0. The molecule has 0 amide bonds. The zero-order valence-electron chi connectivity index (χ0n) is 14.8. The molecule has 0 spiro atoms. The molecule has 1 fully saturated rings. The SMILES string of the molecule is Nc1nc(-c2ccc(CCN3CCN(c4ccccc4)CC3)cc2)cs1. The molecule has 2 N–H and O–H groups in total. The largest absolute Gasteiger partial charge is 0.375 e. The van der Waals surface area contributed by atoms with Crippen LogP contribution in [0.25, 0.3) is 11.3 Å². The van der Waals surface area contributed by atoms with Gasteiger partial charge in [-0.1, -0.05) is 42.5 Å². The minimum atomic E-state index is 0.624. The number of rotatable bonds is 5. The zero-order chi connectivity index (χ0) is 17.8.